The average molecular weight is 272 g/mol. The van der Waals surface area contributed by atoms with Gasteiger partial charge in [-0.25, -0.2) is 0 Å². The number of nitrogens with one attached hydrogen (secondary N) is 1. The molecule has 0 aliphatic carbocycles. The van der Waals surface area contributed by atoms with Crippen LogP contribution >= 0.6 is 23.2 Å². The third kappa shape index (κ3) is 3.14. The van der Waals surface area contributed by atoms with Crippen molar-refractivity contribution in [2.24, 2.45) is 5.92 Å². The summed E-state index contributed by atoms with van der Waals surface area (Å²) in [5.74, 6) is 0.119. The first-order chi connectivity index (χ1) is 8.18. The van der Waals surface area contributed by atoms with E-state index in [9.17, 15) is 4.79 Å². The van der Waals surface area contributed by atoms with Crippen LogP contribution < -0.4 is 5.32 Å². The largest absolute Gasteiger partial charge is 0.356 e. The summed E-state index contributed by atoms with van der Waals surface area (Å²) in [6, 6.07) is 5.45. The van der Waals surface area contributed by atoms with Gasteiger partial charge in [0, 0.05) is 22.5 Å². The van der Waals surface area contributed by atoms with Crippen molar-refractivity contribution in [2.45, 2.75) is 25.7 Å². The lowest BCUT2D eigenvalue weighted by Gasteiger charge is -2.15. The van der Waals surface area contributed by atoms with E-state index in [0.29, 0.717) is 16.5 Å². The fourth-order valence-electron chi connectivity index (χ4n) is 2.17. The highest BCUT2D eigenvalue weighted by molar-refractivity contribution is 6.36. The van der Waals surface area contributed by atoms with Crippen LogP contribution in [-0.2, 0) is 11.2 Å². The first kappa shape index (κ1) is 12.7. The van der Waals surface area contributed by atoms with Crippen molar-refractivity contribution in [2.75, 3.05) is 6.54 Å². The van der Waals surface area contributed by atoms with Crippen molar-refractivity contribution in [1.82, 2.24) is 5.32 Å². The summed E-state index contributed by atoms with van der Waals surface area (Å²) in [4.78, 5) is 11.8. The third-order valence-electron chi connectivity index (χ3n) is 3.16. The summed E-state index contributed by atoms with van der Waals surface area (Å²) in [5.41, 5.74) is 0.887. The van der Waals surface area contributed by atoms with E-state index in [0.717, 1.165) is 31.4 Å². The van der Waals surface area contributed by atoms with Crippen molar-refractivity contribution < 1.29 is 4.79 Å². The molecule has 1 unspecified atom stereocenters. The molecule has 0 radical (unpaired) electrons. The number of carbonyl (C=O) groups excluding carboxylic acids is 1. The van der Waals surface area contributed by atoms with E-state index < -0.39 is 0 Å². The Morgan fingerprint density at radius 2 is 1.94 bits per heavy atom. The van der Waals surface area contributed by atoms with Crippen molar-refractivity contribution in [1.29, 1.82) is 0 Å². The highest BCUT2D eigenvalue weighted by atomic mass is 35.5. The van der Waals surface area contributed by atoms with Gasteiger partial charge in [-0.1, -0.05) is 35.7 Å². The molecule has 1 fully saturated rings. The van der Waals surface area contributed by atoms with E-state index in [1.54, 1.807) is 0 Å². The van der Waals surface area contributed by atoms with E-state index >= 15 is 0 Å². The molecule has 1 amide bonds. The molecule has 1 atom stereocenters. The van der Waals surface area contributed by atoms with E-state index in [1.165, 1.54) is 0 Å². The third-order valence-corrected chi connectivity index (χ3v) is 3.87. The van der Waals surface area contributed by atoms with Crippen LogP contribution in [0.1, 0.15) is 24.8 Å². The Bertz CT molecular complexity index is 400. The molecular formula is C13H15Cl2NO. The van der Waals surface area contributed by atoms with Gasteiger partial charge >= 0.3 is 0 Å². The SMILES string of the molecule is O=C1NCCCCC1Cc1c(Cl)cccc1Cl. The molecule has 0 saturated carbocycles. The van der Waals surface area contributed by atoms with E-state index in [4.69, 9.17) is 23.2 Å². The second-order valence-electron chi connectivity index (χ2n) is 4.39. The van der Waals surface area contributed by atoms with Gasteiger partial charge in [-0.15, -0.1) is 0 Å². The molecule has 1 aromatic rings. The lowest BCUT2D eigenvalue weighted by Crippen LogP contribution is -2.30. The molecule has 1 saturated heterocycles. The molecule has 1 aliphatic rings. The fourth-order valence-corrected chi connectivity index (χ4v) is 2.72. The van der Waals surface area contributed by atoms with Gasteiger partial charge in [0.1, 0.15) is 0 Å². The smallest absolute Gasteiger partial charge is 0.223 e. The van der Waals surface area contributed by atoms with E-state index in [2.05, 4.69) is 5.32 Å². The van der Waals surface area contributed by atoms with Crippen molar-refractivity contribution >= 4 is 29.1 Å². The fraction of sp³-hybridized carbons (Fsp3) is 0.462. The number of hydrogen-bond acceptors (Lipinski definition) is 1. The van der Waals surface area contributed by atoms with Gasteiger partial charge in [0.15, 0.2) is 0 Å². The maximum atomic E-state index is 11.8. The number of rotatable bonds is 2. The van der Waals surface area contributed by atoms with Crippen LogP contribution in [0, 0.1) is 5.92 Å². The van der Waals surface area contributed by atoms with Crippen LogP contribution in [0.4, 0.5) is 0 Å². The lowest BCUT2D eigenvalue weighted by molar-refractivity contribution is -0.124. The second kappa shape index (κ2) is 5.74. The minimum Gasteiger partial charge on any atom is -0.356 e. The molecule has 0 spiro atoms. The molecule has 1 heterocycles. The van der Waals surface area contributed by atoms with Crippen LogP contribution in [-0.4, -0.2) is 12.5 Å². The maximum absolute atomic E-state index is 11.8. The topological polar surface area (TPSA) is 29.1 Å². The number of benzene rings is 1. The molecule has 1 aliphatic heterocycles. The zero-order valence-electron chi connectivity index (χ0n) is 9.51. The van der Waals surface area contributed by atoms with E-state index in [1.807, 2.05) is 18.2 Å². The summed E-state index contributed by atoms with van der Waals surface area (Å²) >= 11 is 12.2. The van der Waals surface area contributed by atoms with Gasteiger partial charge in [-0.2, -0.15) is 0 Å². The molecule has 17 heavy (non-hydrogen) atoms. The Labute approximate surface area is 111 Å². The second-order valence-corrected chi connectivity index (χ2v) is 5.20. The maximum Gasteiger partial charge on any atom is 0.223 e. The van der Waals surface area contributed by atoms with Gasteiger partial charge in [0.05, 0.1) is 0 Å². The summed E-state index contributed by atoms with van der Waals surface area (Å²) in [7, 11) is 0. The van der Waals surface area contributed by atoms with Crippen LogP contribution in [0.5, 0.6) is 0 Å². The molecule has 1 aromatic carbocycles. The van der Waals surface area contributed by atoms with Crippen LogP contribution in [0.15, 0.2) is 18.2 Å². The predicted molar refractivity (Wildman–Crippen MR) is 70.5 cm³/mol. The normalized spacial score (nSPS) is 20.8. The Morgan fingerprint density at radius 1 is 1.24 bits per heavy atom. The minimum absolute atomic E-state index is 0.00472. The summed E-state index contributed by atoms with van der Waals surface area (Å²) in [6.45, 7) is 0.783. The molecule has 4 heteroatoms. The van der Waals surface area contributed by atoms with E-state index in [-0.39, 0.29) is 11.8 Å². The average Bonchev–Trinajstić information content (AvgIpc) is 2.49. The van der Waals surface area contributed by atoms with Crippen LogP contribution in [0.3, 0.4) is 0 Å². The number of halogens is 2. The van der Waals surface area contributed by atoms with Gasteiger partial charge in [-0.05, 0) is 37.0 Å². The summed E-state index contributed by atoms with van der Waals surface area (Å²) in [6.07, 6.45) is 3.67. The molecule has 2 rings (SSSR count). The van der Waals surface area contributed by atoms with Gasteiger partial charge in [0.2, 0.25) is 5.91 Å². The minimum atomic E-state index is -0.00472. The number of hydrogen-bond donors (Lipinski definition) is 1. The van der Waals surface area contributed by atoms with Crippen LogP contribution in [0.2, 0.25) is 10.0 Å². The first-order valence-electron chi connectivity index (χ1n) is 5.89. The number of carbonyl (C=O) groups is 1. The summed E-state index contributed by atoms with van der Waals surface area (Å²) < 4.78 is 0. The van der Waals surface area contributed by atoms with Crippen LogP contribution in [0.25, 0.3) is 0 Å². The summed E-state index contributed by atoms with van der Waals surface area (Å²) in [5, 5.41) is 4.22. The van der Waals surface area contributed by atoms with Crippen molar-refractivity contribution in [3.05, 3.63) is 33.8 Å². The van der Waals surface area contributed by atoms with Gasteiger partial charge in [-0.3, -0.25) is 4.79 Å². The monoisotopic (exact) mass is 271 g/mol. The molecule has 0 bridgehead atoms. The lowest BCUT2D eigenvalue weighted by atomic mass is 9.94. The van der Waals surface area contributed by atoms with Crippen molar-refractivity contribution in [3.8, 4) is 0 Å². The molecular weight excluding hydrogens is 257 g/mol. The molecule has 0 aromatic heterocycles. The predicted octanol–water partition coefficient (Wildman–Crippen LogP) is 3.45. The Kier molecular flexibility index (Phi) is 4.30. The first-order valence-corrected chi connectivity index (χ1v) is 6.64. The van der Waals surface area contributed by atoms with Gasteiger partial charge < -0.3 is 5.32 Å². The number of amides is 1. The standard InChI is InChI=1S/C13H15Cl2NO/c14-11-5-3-6-12(15)10(11)8-9-4-1-2-7-16-13(9)17/h3,5-6,9H,1-2,4,7-8H2,(H,16,17). The zero-order chi connectivity index (χ0) is 12.3. The highest BCUT2D eigenvalue weighted by Gasteiger charge is 2.22. The highest BCUT2D eigenvalue weighted by Crippen LogP contribution is 2.28. The quantitative estimate of drug-likeness (QED) is 0.877. The Hall–Kier alpha value is -0.730. The molecule has 1 N–H and O–H groups in total. The van der Waals surface area contributed by atoms with Gasteiger partial charge in [0.25, 0.3) is 0 Å². The van der Waals surface area contributed by atoms with Crippen molar-refractivity contribution in [3.63, 3.8) is 0 Å². The Balaban J connectivity index is 2.16. The Morgan fingerprint density at radius 3 is 2.65 bits per heavy atom. The molecule has 92 valence electrons. The zero-order valence-corrected chi connectivity index (χ0v) is 11.0. The molecule has 2 nitrogen and oxygen atoms in total.